The fourth-order valence-electron chi connectivity index (χ4n) is 2.75. The summed E-state index contributed by atoms with van der Waals surface area (Å²) in [7, 11) is 0. The van der Waals surface area contributed by atoms with E-state index in [9.17, 15) is 5.11 Å². The predicted molar refractivity (Wildman–Crippen MR) is 83.9 cm³/mol. The molecule has 0 aromatic carbocycles. The van der Waals surface area contributed by atoms with E-state index < -0.39 is 5.60 Å². The molecule has 1 aromatic rings. The molecule has 7 heteroatoms. The molecule has 0 aliphatic carbocycles. The van der Waals surface area contributed by atoms with Crippen LogP contribution in [0.5, 0.6) is 0 Å². The Balaban J connectivity index is 1.46. The number of nitrogens with zero attached hydrogens (tertiary/aromatic N) is 2. The second-order valence-corrected chi connectivity index (χ2v) is 6.71. The van der Waals surface area contributed by atoms with Crippen LogP contribution in [0.3, 0.4) is 0 Å². The van der Waals surface area contributed by atoms with Gasteiger partial charge in [-0.2, -0.15) is 0 Å². The number of hydrogen-bond acceptors (Lipinski definition) is 7. The third kappa shape index (κ3) is 4.14. The van der Waals surface area contributed by atoms with Gasteiger partial charge in [-0.15, -0.1) is 11.3 Å². The topological polar surface area (TPSA) is 69.7 Å². The lowest BCUT2D eigenvalue weighted by Crippen LogP contribution is -2.50. The van der Waals surface area contributed by atoms with Crippen molar-refractivity contribution >= 4 is 16.5 Å². The molecule has 3 rings (SSSR count). The summed E-state index contributed by atoms with van der Waals surface area (Å²) in [4.78, 5) is 7.02. The highest BCUT2D eigenvalue weighted by Crippen LogP contribution is 2.24. The monoisotopic (exact) mass is 312 g/mol. The Morgan fingerprint density at radius 3 is 3.19 bits per heavy atom. The Morgan fingerprint density at radius 1 is 1.48 bits per heavy atom. The Kier molecular flexibility index (Phi) is 5.07. The third-order valence-electron chi connectivity index (χ3n) is 3.92. The molecule has 2 fully saturated rings. The molecule has 3 N–H and O–H groups in total. The smallest absolute Gasteiger partial charge is 0.185 e. The number of aromatic nitrogens is 1. The summed E-state index contributed by atoms with van der Waals surface area (Å²) in [6.07, 6.45) is 2.54. The maximum absolute atomic E-state index is 10.4. The van der Waals surface area contributed by atoms with Gasteiger partial charge in [-0.25, -0.2) is 4.98 Å². The Bertz CT molecular complexity index is 440. The zero-order valence-corrected chi connectivity index (χ0v) is 13.1. The number of thiazole rings is 1. The van der Waals surface area contributed by atoms with E-state index >= 15 is 0 Å². The van der Waals surface area contributed by atoms with Gasteiger partial charge in [0.15, 0.2) is 5.13 Å². The van der Waals surface area contributed by atoms with Crippen LogP contribution in [0.1, 0.15) is 18.5 Å². The van der Waals surface area contributed by atoms with Gasteiger partial charge in [0.2, 0.25) is 0 Å². The maximum Gasteiger partial charge on any atom is 0.185 e. The summed E-state index contributed by atoms with van der Waals surface area (Å²) in [6.45, 7) is 5.86. The highest BCUT2D eigenvalue weighted by Gasteiger charge is 2.28. The van der Waals surface area contributed by atoms with E-state index in [-0.39, 0.29) is 0 Å². The van der Waals surface area contributed by atoms with Crippen molar-refractivity contribution in [1.29, 1.82) is 0 Å². The van der Waals surface area contributed by atoms with Gasteiger partial charge in [0.1, 0.15) is 5.60 Å². The molecule has 0 saturated carbocycles. The molecular formula is C14H24N4O2S. The van der Waals surface area contributed by atoms with Crippen LogP contribution in [0, 0.1) is 0 Å². The fraction of sp³-hybridized carbons (Fsp3) is 0.786. The second kappa shape index (κ2) is 7.02. The number of rotatable bonds is 5. The third-order valence-corrected chi connectivity index (χ3v) is 4.87. The molecule has 0 amide bonds. The van der Waals surface area contributed by atoms with Crippen LogP contribution in [-0.4, -0.2) is 61.6 Å². The maximum atomic E-state index is 10.4. The van der Waals surface area contributed by atoms with Crippen molar-refractivity contribution in [2.75, 3.05) is 50.8 Å². The van der Waals surface area contributed by atoms with Crippen LogP contribution in [0.15, 0.2) is 5.38 Å². The molecule has 118 valence electrons. The highest BCUT2D eigenvalue weighted by molar-refractivity contribution is 7.13. The van der Waals surface area contributed by atoms with Crippen molar-refractivity contribution < 1.29 is 9.84 Å². The second-order valence-electron chi connectivity index (χ2n) is 5.87. The van der Waals surface area contributed by atoms with Gasteiger partial charge < -0.3 is 25.4 Å². The molecule has 0 bridgehead atoms. The Labute approximate surface area is 129 Å². The molecule has 2 aliphatic heterocycles. The average Bonchev–Trinajstić information content (AvgIpc) is 3.10. The molecule has 2 aliphatic rings. The van der Waals surface area contributed by atoms with Crippen molar-refractivity contribution in [2.45, 2.75) is 25.0 Å². The van der Waals surface area contributed by atoms with E-state index in [0.717, 1.165) is 30.5 Å². The van der Waals surface area contributed by atoms with Gasteiger partial charge >= 0.3 is 0 Å². The molecule has 6 nitrogen and oxygen atoms in total. The lowest BCUT2D eigenvalue weighted by atomic mass is 10.1. The van der Waals surface area contributed by atoms with Crippen molar-refractivity contribution in [1.82, 2.24) is 15.6 Å². The minimum absolute atomic E-state index is 0.378. The first-order chi connectivity index (χ1) is 10.3. The fourth-order valence-corrected chi connectivity index (χ4v) is 3.63. The first-order valence-electron chi connectivity index (χ1n) is 7.66. The zero-order chi connectivity index (χ0) is 14.5. The largest absolute Gasteiger partial charge is 0.385 e. The number of aliphatic hydroxyl groups is 1. The summed E-state index contributed by atoms with van der Waals surface area (Å²) in [5, 5.41) is 20.2. The zero-order valence-electron chi connectivity index (χ0n) is 12.3. The van der Waals surface area contributed by atoms with Crippen molar-refractivity contribution in [3.63, 3.8) is 0 Å². The van der Waals surface area contributed by atoms with Crippen LogP contribution in [0.25, 0.3) is 0 Å². The Hall–Kier alpha value is -0.730. The molecular weight excluding hydrogens is 288 g/mol. The first-order valence-corrected chi connectivity index (χ1v) is 8.54. The minimum Gasteiger partial charge on any atom is -0.385 e. The summed E-state index contributed by atoms with van der Waals surface area (Å²) in [5.74, 6) is 0. The van der Waals surface area contributed by atoms with Crippen LogP contribution in [0.4, 0.5) is 5.13 Å². The molecule has 21 heavy (non-hydrogen) atoms. The van der Waals surface area contributed by atoms with Gasteiger partial charge in [-0.1, -0.05) is 0 Å². The van der Waals surface area contributed by atoms with Crippen LogP contribution >= 0.6 is 11.3 Å². The first kappa shape index (κ1) is 15.2. The summed E-state index contributed by atoms with van der Waals surface area (Å²) in [5.41, 5.74) is 0.220. The number of anilines is 1. The standard InChI is InChI=1S/C14H24N4O2S/c19-14(9-15-3-6-20-11-14)10-16-7-12-8-21-13(17-12)18-4-1-2-5-18/h8,15-16,19H,1-7,9-11H2/t14-/m0/s1. The van der Waals surface area contributed by atoms with Crippen molar-refractivity contribution in [3.05, 3.63) is 11.1 Å². The predicted octanol–water partition coefficient (Wildman–Crippen LogP) is 0.184. The summed E-state index contributed by atoms with van der Waals surface area (Å²) in [6, 6.07) is 0. The van der Waals surface area contributed by atoms with E-state index in [1.165, 1.54) is 12.8 Å². The van der Waals surface area contributed by atoms with E-state index in [2.05, 4.69) is 25.9 Å². The van der Waals surface area contributed by atoms with E-state index in [4.69, 9.17) is 4.74 Å². The number of β-amino-alcohol motifs (C(OH)–C–C–N with tert-alkyl or cyclic N) is 1. The normalized spacial score (nSPS) is 27.0. The molecule has 0 radical (unpaired) electrons. The van der Waals surface area contributed by atoms with Gasteiger partial charge in [0.25, 0.3) is 0 Å². The van der Waals surface area contributed by atoms with E-state index in [1.54, 1.807) is 11.3 Å². The summed E-state index contributed by atoms with van der Waals surface area (Å²) >= 11 is 1.71. The van der Waals surface area contributed by atoms with Gasteiger partial charge in [0.05, 0.1) is 18.9 Å². The number of hydrogen-bond donors (Lipinski definition) is 3. The van der Waals surface area contributed by atoms with Gasteiger partial charge in [-0.05, 0) is 12.8 Å². The van der Waals surface area contributed by atoms with Crippen molar-refractivity contribution in [2.24, 2.45) is 0 Å². The molecule has 3 heterocycles. The SMILES string of the molecule is O[C@]1(CNCc2csc(N3CCCC3)n2)CNCCOC1. The van der Waals surface area contributed by atoms with E-state index in [0.29, 0.717) is 32.8 Å². The number of ether oxygens (including phenoxy) is 1. The van der Waals surface area contributed by atoms with Crippen molar-refractivity contribution in [3.8, 4) is 0 Å². The average molecular weight is 312 g/mol. The quantitative estimate of drug-likeness (QED) is 0.721. The molecule has 0 spiro atoms. The molecule has 1 atom stereocenters. The van der Waals surface area contributed by atoms with Gasteiger partial charge in [-0.3, -0.25) is 0 Å². The number of nitrogens with one attached hydrogen (secondary N) is 2. The molecule has 2 saturated heterocycles. The van der Waals surface area contributed by atoms with E-state index in [1.807, 2.05) is 0 Å². The summed E-state index contributed by atoms with van der Waals surface area (Å²) < 4.78 is 5.41. The molecule has 1 aromatic heterocycles. The van der Waals surface area contributed by atoms with Crippen LogP contribution < -0.4 is 15.5 Å². The minimum atomic E-state index is -0.829. The molecule has 0 unspecified atom stereocenters. The van der Waals surface area contributed by atoms with Gasteiger partial charge in [0, 0.05) is 44.6 Å². The lowest BCUT2D eigenvalue weighted by Gasteiger charge is -2.25. The van der Waals surface area contributed by atoms with Crippen LogP contribution in [0.2, 0.25) is 0 Å². The lowest BCUT2D eigenvalue weighted by molar-refractivity contribution is -0.0264. The van der Waals surface area contributed by atoms with Crippen LogP contribution in [-0.2, 0) is 11.3 Å². The Morgan fingerprint density at radius 2 is 2.33 bits per heavy atom. The highest BCUT2D eigenvalue weighted by atomic mass is 32.1.